The van der Waals surface area contributed by atoms with Crippen molar-refractivity contribution in [2.24, 2.45) is 0 Å². The predicted molar refractivity (Wildman–Crippen MR) is 115 cm³/mol. The van der Waals surface area contributed by atoms with E-state index >= 15 is 0 Å². The minimum absolute atomic E-state index is 0.0368. The van der Waals surface area contributed by atoms with E-state index in [1.165, 1.54) is 30.3 Å². The molecule has 0 atom stereocenters. The molecule has 7 nitrogen and oxygen atoms in total. The van der Waals surface area contributed by atoms with Crippen LogP contribution in [-0.2, 0) is 9.53 Å². The molecule has 0 bridgehead atoms. The maximum Gasteiger partial charge on any atom is 0.340 e. The van der Waals surface area contributed by atoms with E-state index in [4.69, 9.17) is 22.1 Å². The Morgan fingerprint density at radius 2 is 1.58 bits per heavy atom. The molecule has 1 aliphatic rings. The lowest BCUT2D eigenvalue weighted by atomic mass is 9.83. The largest absolute Gasteiger partial charge is 0.452 e. The molecule has 4 rings (SSSR count). The van der Waals surface area contributed by atoms with Crippen LogP contribution in [0.4, 0.5) is 11.4 Å². The van der Waals surface area contributed by atoms with Crippen LogP contribution in [0, 0.1) is 0 Å². The van der Waals surface area contributed by atoms with Gasteiger partial charge in [0.2, 0.25) is 0 Å². The minimum atomic E-state index is -0.814. The van der Waals surface area contributed by atoms with Gasteiger partial charge in [0.15, 0.2) is 18.2 Å². The highest BCUT2D eigenvalue weighted by atomic mass is 35.5. The maximum atomic E-state index is 13.0. The van der Waals surface area contributed by atoms with E-state index in [1.54, 1.807) is 30.3 Å². The van der Waals surface area contributed by atoms with Crippen molar-refractivity contribution in [2.75, 3.05) is 17.7 Å². The van der Waals surface area contributed by atoms with Crippen LogP contribution in [0.15, 0.2) is 60.7 Å². The Kier molecular flexibility index (Phi) is 5.27. The molecule has 3 aromatic carbocycles. The number of nitrogen functional groups attached to an aromatic ring is 1. The number of carbonyl (C=O) groups is 4. The lowest BCUT2D eigenvalue weighted by molar-refractivity contribution is -0.119. The molecule has 0 saturated carbocycles. The molecule has 3 N–H and O–H groups in total. The fraction of sp³-hybridized carbons (Fsp3) is 0.0435. The summed E-state index contributed by atoms with van der Waals surface area (Å²) in [4.78, 5) is 50.3. The number of hydrogen-bond donors (Lipinski definition) is 2. The number of nitrogens with one attached hydrogen (secondary N) is 1. The van der Waals surface area contributed by atoms with E-state index in [-0.39, 0.29) is 45.2 Å². The monoisotopic (exact) mass is 434 g/mol. The van der Waals surface area contributed by atoms with E-state index in [1.807, 2.05) is 0 Å². The molecule has 0 spiro atoms. The molecule has 0 aliphatic heterocycles. The molecule has 8 heteroatoms. The molecule has 154 valence electrons. The minimum Gasteiger partial charge on any atom is -0.452 e. The number of fused-ring (bicyclic) bond motifs is 2. The van der Waals surface area contributed by atoms with Crippen LogP contribution < -0.4 is 11.1 Å². The van der Waals surface area contributed by atoms with Crippen LogP contribution in [0.2, 0.25) is 5.02 Å². The van der Waals surface area contributed by atoms with Gasteiger partial charge in [-0.15, -0.1) is 0 Å². The summed E-state index contributed by atoms with van der Waals surface area (Å²) in [5.41, 5.74) is 6.98. The van der Waals surface area contributed by atoms with Crippen molar-refractivity contribution in [1.29, 1.82) is 0 Å². The summed E-state index contributed by atoms with van der Waals surface area (Å²) in [6.07, 6.45) is 0. The Morgan fingerprint density at radius 3 is 2.32 bits per heavy atom. The van der Waals surface area contributed by atoms with Crippen LogP contribution in [0.25, 0.3) is 0 Å². The summed E-state index contributed by atoms with van der Waals surface area (Å²) >= 11 is 5.86. The summed E-state index contributed by atoms with van der Waals surface area (Å²) < 4.78 is 5.00. The highest BCUT2D eigenvalue weighted by molar-refractivity contribution is 6.31. The smallest absolute Gasteiger partial charge is 0.340 e. The molecule has 0 heterocycles. The van der Waals surface area contributed by atoms with E-state index < -0.39 is 18.5 Å². The number of rotatable bonds is 4. The van der Waals surface area contributed by atoms with Crippen molar-refractivity contribution in [1.82, 2.24) is 0 Å². The molecular formula is C23H15ClN2O5. The second-order valence-electron chi connectivity index (χ2n) is 6.79. The van der Waals surface area contributed by atoms with E-state index in [0.29, 0.717) is 10.6 Å². The third-order valence-corrected chi connectivity index (χ3v) is 5.03. The van der Waals surface area contributed by atoms with Crippen molar-refractivity contribution in [3.05, 3.63) is 93.5 Å². The average molecular weight is 435 g/mol. The molecule has 0 fully saturated rings. The third kappa shape index (κ3) is 3.78. The van der Waals surface area contributed by atoms with Crippen molar-refractivity contribution in [3.8, 4) is 0 Å². The van der Waals surface area contributed by atoms with Crippen LogP contribution in [0.5, 0.6) is 0 Å². The van der Waals surface area contributed by atoms with Crippen molar-refractivity contribution in [2.45, 2.75) is 0 Å². The number of carbonyl (C=O) groups excluding carboxylic acids is 4. The number of nitrogens with two attached hydrogens (primary N) is 1. The van der Waals surface area contributed by atoms with E-state index in [9.17, 15) is 19.2 Å². The van der Waals surface area contributed by atoms with Crippen LogP contribution in [0.3, 0.4) is 0 Å². The number of amides is 1. The zero-order valence-corrected chi connectivity index (χ0v) is 16.7. The van der Waals surface area contributed by atoms with Crippen molar-refractivity contribution in [3.63, 3.8) is 0 Å². The normalized spacial score (nSPS) is 12.0. The maximum absolute atomic E-state index is 13.0. The van der Waals surface area contributed by atoms with Gasteiger partial charge in [0.25, 0.3) is 5.91 Å². The second-order valence-corrected chi connectivity index (χ2v) is 7.22. The fourth-order valence-electron chi connectivity index (χ4n) is 3.35. The average Bonchev–Trinajstić information content (AvgIpc) is 2.77. The Hall–Kier alpha value is -3.97. The predicted octanol–water partition coefficient (Wildman–Crippen LogP) is 3.49. The number of ether oxygens (including phenoxy) is 1. The first-order chi connectivity index (χ1) is 14.9. The highest BCUT2D eigenvalue weighted by Crippen LogP contribution is 2.31. The molecular weight excluding hydrogens is 420 g/mol. The molecule has 1 aliphatic carbocycles. The quantitative estimate of drug-likeness (QED) is 0.375. The number of ketones is 2. The van der Waals surface area contributed by atoms with E-state index in [2.05, 4.69) is 5.32 Å². The summed E-state index contributed by atoms with van der Waals surface area (Å²) in [5.74, 6) is -2.17. The first-order valence-electron chi connectivity index (χ1n) is 9.20. The topological polar surface area (TPSA) is 116 Å². The zero-order valence-electron chi connectivity index (χ0n) is 16.0. The number of benzene rings is 3. The van der Waals surface area contributed by atoms with Gasteiger partial charge in [-0.1, -0.05) is 48.0 Å². The zero-order chi connectivity index (χ0) is 22.1. The lowest BCUT2D eigenvalue weighted by Gasteiger charge is -2.20. The van der Waals surface area contributed by atoms with Crippen LogP contribution in [0.1, 0.15) is 42.2 Å². The molecule has 1 amide bonds. The second kappa shape index (κ2) is 8.04. The SMILES string of the molecule is Nc1ccc(Cl)cc1C(=O)OCC(=O)Nc1cccc2c1C(=O)c1ccccc1C2=O. The fourth-order valence-corrected chi connectivity index (χ4v) is 3.52. The standard InChI is InChI=1S/C23H15ClN2O5/c24-12-8-9-17(25)16(10-12)23(30)31-11-19(27)26-18-7-3-6-15-20(18)22(29)14-5-2-1-4-13(14)21(15)28/h1-10H,11,25H2,(H,26,27). The van der Waals surface area contributed by atoms with Gasteiger partial charge in [-0.05, 0) is 24.3 Å². The number of anilines is 2. The first-order valence-corrected chi connectivity index (χ1v) is 9.58. The molecule has 31 heavy (non-hydrogen) atoms. The Bertz CT molecular complexity index is 1270. The highest BCUT2D eigenvalue weighted by Gasteiger charge is 2.31. The van der Waals surface area contributed by atoms with E-state index in [0.717, 1.165) is 0 Å². The first kappa shape index (κ1) is 20.3. The molecule has 0 radical (unpaired) electrons. The van der Waals surface area contributed by atoms with Gasteiger partial charge in [-0.25, -0.2) is 4.79 Å². The van der Waals surface area contributed by atoms with Gasteiger partial charge < -0.3 is 15.8 Å². The van der Waals surface area contributed by atoms with Gasteiger partial charge >= 0.3 is 5.97 Å². The summed E-state index contributed by atoms with van der Waals surface area (Å²) in [6, 6.07) is 15.4. The molecule has 3 aromatic rings. The molecule has 0 saturated heterocycles. The van der Waals surface area contributed by atoms with Crippen molar-refractivity contribution < 1.29 is 23.9 Å². The summed E-state index contributed by atoms with van der Waals surface area (Å²) in [5, 5.41) is 2.83. The number of halogens is 1. The number of esters is 1. The van der Waals surface area contributed by atoms with Crippen LogP contribution >= 0.6 is 11.6 Å². The Morgan fingerprint density at radius 1 is 0.903 bits per heavy atom. The van der Waals surface area contributed by atoms with Crippen molar-refractivity contribution >= 4 is 46.4 Å². The van der Waals surface area contributed by atoms with Gasteiger partial charge in [-0.3, -0.25) is 14.4 Å². The van der Waals surface area contributed by atoms with Gasteiger partial charge in [0, 0.05) is 27.4 Å². The van der Waals surface area contributed by atoms with Gasteiger partial charge in [-0.2, -0.15) is 0 Å². The summed E-state index contributed by atoms with van der Waals surface area (Å²) in [6.45, 7) is -0.618. The molecule has 0 unspecified atom stereocenters. The third-order valence-electron chi connectivity index (χ3n) is 4.80. The Labute approximate surface area is 181 Å². The van der Waals surface area contributed by atoms with Gasteiger partial charge in [0.1, 0.15) is 0 Å². The number of hydrogen-bond acceptors (Lipinski definition) is 6. The lowest BCUT2D eigenvalue weighted by Crippen LogP contribution is -2.26. The Balaban J connectivity index is 1.52. The van der Waals surface area contributed by atoms with Crippen LogP contribution in [-0.4, -0.2) is 30.0 Å². The summed E-state index contributed by atoms with van der Waals surface area (Å²) in [7, 11) is 0. The molecule has 0 aromatic heterocycles. The van der Waals surface area contributed by atoms with Gasteiger partial charge in [0.05, 0.1) is 16.8 Å².